The monoisotopic (exact) mass is 746 g/mol. The van der Waals surface area contributed by atoms with E-state index in [0.29, 0.717) is 0 Å². The van der Waals surface area contributed by atoms with Crippen molar-refractivity contribution in [3.05, 3.63) is 181 Å². The summed E-state index contributed by atoms with van der Waals surface area (Å²) in [5, 5.41) is 6.96. The molecule has 10 aromatic rings. The van der Waals surface area contributed by atoms with E-state index in [9.17, 15) is 0 Å². The Bertz CT molecular complexity index is 3320. The second-order valence-corrected chi connectivity index (χ2v) is 16.0. The Morgan fingerprint density at radius 1 is 0.414 bits per heavy atom. The van der Waals surface area contributed by atoms with Gasteiger partial charge in [0.05, 0.1) is 34.1 Å². The van der Waals surface area contributed by atoms with Gasteiger partial charge in [-0.3, -0.25) is 0 Å². The summed E-state index contributed by atoms with van der Waals surface area (Å²) in [6.45, 7) is 4.71. The van der Waals surface area contributed by atoms with E-state index >= 15 is 0 Å². The van der Waals surface area contributed by atoms with Crippen LogP contribution in [0.4, 0.5) is 34.1 Å². The molecule has 5 nitrogen and oxygen atoms in total. The Kier molecular flexibility index (Phi) is 6.17. The molecule has 0 N–H and O–H groups in total. The van der Waals surface area contributed by atoms with Gasteiger partial charge in [0.15, 0.2) is 23.0 Å². The van der Waals surface area contributed by atoms with Crippen molar-refractivity contribution in [3.8, 4) is 34.1 Å². The van der Waals surface area contributed by atoms with Gasteiger partial charge in [0.1, 0.15) is 11.2 Å². The minimum Gasteiger partial charge on any atom is -0.456 e. The second-order valence-electron chi connectivity index (χ2n) is 16.0. The third-order valence-corrected chi connectivity index (χ3v) is 12.6. The highest BCUT2D eigenvalue weighted by atomic mass is 16.5. The van der Waals surface area contributed by atoms with E-state index in [0.717, 1.165) is 89.8 Å². The number of fused-ring (bicyclic) bond motifs is 15. The van der Waals surface area contributed by atoms with Crippen LogP contribution in [-0.4, -0.2) is 0 Å². The molecule has 1 aromatic heterocycles. The van der Waals surface area contributed by atoms with Crippen LogP contribution in [0.25, 0.3) is 54.6 Å². The highest BCUT2D eigenvalue weighted by molar-refractivity contribution is 6.24. The summed E-state index contributed by atoms with van der Waals surface area (Å²) in [5.74, 6) is 3.33. The van der Waals surface area contributed by atoms with Crippen LogP contribution in [0, 0.1) is 0 Å². The third-order valence-electron chi connectivity index (χ3n) is 12.6. The highest BCUT2D eigenvalue weighted by Crippen LogP contribution is 2.60. The zero-order valence-electron chi connectivity index (χ0n) is 31.8. The number of rotatable bonds is 2. The Labute approximate surface area is 334 Å². The predicted octanol–water partition coefficient (Wildman–Crippen LogP) is 15.3. The lowest BCUT2D eigenvalue weighted by molar-refractivity contribution is 0.477. The fraction of sp³-hybridized carbons (Fsp3) is 0.0566. The number of hydrogen-bond acceptors (Lipinski definition) is 5. The summed E-state index contributed by atoms with van der Waals surface area (Å²) in [7, 11) is 0. The minimum atomic E-state index is -0.386. The Morgan fingerprint density at radius 2 is 0.862 bits per heavy atom. The van der Waals surface area contributed by atoms with Crippen molar-refractivity contribution in [2.75, 3.05) is 9.80 Å². The maximum absolute atomic E-state index is 7.24. The first-order chi connectivity index (χ1) is 28.5. The second kappa shape index (κ2) is 11.3. The first-order valence-electron chi connectivity index (χ1n) is 19.8. The SMILES string of the molecule is CC1(C)c2cc(N3c4ccccc4Oc4ccccc43)c3ccccc3c2-c2ccc3c(oc4cc(N5c6ccccc6Oc6ccccc65)c5ccccc5c43)c21. The third kappa shape index (κ3) is 4.09. The van der Waals surface area contributed by atoms with E-state index in [1.54, 1.807) is 0 Å². The van der Waals surface area contributed by atoms with Gasteiger partial charge in [0, 0.05) is 38.6 Å². The van der Waals surface area contributed by atoms with Crippen LogP contribution in [0.5, 0.6) is 23.0 Å². The summed E-state index contributed by atoms with van der Waals surface area (Å²) in [6, 6.07) is 60.0. The van der Waals surface area contributed by atoms with Gasteiger partial charge in [-0.05, 0) is 88.1 Å². The molecular formula is C53H34N2O3. The topological polar surface area (TPSA) is 38.1 Å². The number of anilines is 6. The molecule has 13 rings (SSSR count). The molecular weight excluding hydrogens is 713 g/mol. The van der Waals surface area contributed by atoms with E-state index in [1.165, 1.54) is 33.0 Å². The molecule has 0 atom stereocenters. The van der Waals surface area contributed by atoms with Crippen molar-refractivity contribution in [1.82, 2.24) is 0 Å². The van der Waals surface area contributed by atoms with Gasteiger partial charge in [0.25, 0.3) is 0 Å². The van der Waals surface area contributed by atoms with Gasteiger partial charge in [-0.25, -0.2) is 0 Å². The van der Waals surface area contributed by atoms with Crippen molar-refractivity contribution in [2.45, 2.75) is 19.3 Å². The van der Waals surface area contributed by atoms with Crippen molar-refractivity contribution in [3.63, 3.8) is 0 Å². The summed E-state index contributed by atoms with van der Waals surface area (Å²) in [5.41, 5.74) is 12.6. The molecule has 0 radical (unpaired) electrons. The largest absolute Gasteiger partial charge is 0.456 e. The van der Waals surface area contributed by atoms with Gasteiger partial charge >= 0.3 is 0 Å². The van der Waals surface area contributed by atoms with Crippen LogP contribution < -0.4 is 19.3 Å². The lowest BCUT2D eigenvalue weighted by atomic mass is 9.81. The first-order valence-corrected chi connectivity index (χ1v) is 19.8. The number of hydrogen-bond donors (Lipinski definition) is 0. The van der Waals surface area contributed by atoms with Crippen molar-refractivity contribution >= 4 is 77.6 Å². The van der Waals surface area contributed by atoms with Crippen LogP contribution in [0.3, 0.4) is 0 Å². The number of nitrogens with zero attached hydrogens (tertiary/aromatic N) is 2. The Balaban J connectivity index is 1.07. The lowest BCUT2D eigenvalue weighted by Gasteiger charge is -2.34. The zero-order chi connectivity index (χ0) is 38.3. The van der Waals surface area contributed by atoms with Gasteiger partial charge in [0.2, 0.25) is 0 Å². The molecule has 0 saturated heterocycles. The minimum absolute atomic E-state index is 0.386. The molecule has 0 saturated carbocycles. The number of para-hydroxylation sites is 8. The van der Waals surface area contributed by atoms with Crippen LogP contribution in [-0.2, 0) is 5.41 Å². The highest BCUT2D eigenvalue weighted by Gasteiger charge is 2.41. The normalized spacial score (nSPS) is 14.4. The van der Waals surface area contributed by atoms with Crippen molar-refractivity contribution < 1.29 is 13.9 Å². The molecule has 5 heteroatoms. The van der Waals surface area contributed by atoms with Crippen LogP contribution >= 0.6 is 0 Å². The smallest absolute Gasteiger partial charge is 0.151 e. The average molecular weight is 747 g/mol. The summed E-state index contributed by atoms with van der Waals surface area (Å²) in [4.78, 5) is 4.70. The number of benzene rings is 9. The standard InChI is InChI=1S/C53H34N2O3/c1-53(2)37-29-42(54-38-19-7-11-23-44(38)56-45-24-12-8-20-39(45)54)31-15-3-5-17-33(31)49(37)35-27-28-36-50-34-18-6-4-16-32(34)43(30-48(50)58-52(36)51(35)53)55-40-21-9-13-25-46(40)57-47-26-14-10-22-41(47)55/h3-30H,1-2H3. The molecule has 3 aliphatic rings. The molecule has 58 heavy (non-hydrogen) atoms. The quantitative estimate of drug-likeness (QED) is 0.176. The maximum Gasteiger partial charge on any atom is 0.151 e. The van der Waals surface area contributed by atoms with Gasteiger partial charge in [-0.1, -0.05) is 117 Å². The summed E-state index contributed by atoms with van der Waals surface area (Å²) >= 11 is 0. The fourth-order valence-electron chi connectivity index (χ4n) is 10.1. The molecule has 1 aliphatic carbocycles. The van der Waals surface area contributed by atoms with Crippen LogP contribution in [0.1, 0.15) is 25.0 Å². The van der Waals surface area contributed by atoms with Gasteiger partial charge in [-0.15, -0.1) is 0 Å². The van der Waals surface area contributed by atoms with Crippen LogP contribution in [0.2, 0.25) is 0 Å². The molecule has 274 valence electrons. The molecule has 0 spiro atoms. The fourth-order valence-corrected chi connectivity index (χ4v) is 10.1. The zero-order valence-corrected chi connectivity index (χ0v) is 31.8. The van der Waals surface area contributed by atoms with E-state index in [1.807, 2.05) is 36.4 Å². The molecule has 0 amide bonds. The van der Waals surface area contributed by atoms with Crippen LogP contribution in [0.15, 0.2) is 174 Å². The van der Waals surface area contributed by atoms with E-state index < -0.39 is 0 Å². The molecule has 0 unspecified atom stereocenters. The lowest BCUT2D eigenvalue weighted by Crippen LogP contribution is -2.19. The first kappa shape index (κ1) is 31.7. The van der Waals surface area contributed by atoms with Crippen molar-refractivity contribution in [1.29, 1.82) is 0 Å². The molecule has 0 fully saturated rings. The van der Waals surface area contributed by atoms with Gasteiger partial charge in [-0.2, -0.15) is 0 Å². The predicted molar refractivity (Wildman–Crippen MR) is 236 cm³/mol. The Morgan fingerprint density at radius 3 is 1.41 bits per heavy atom. The number of furan rings is 1. The molecule has 2 aliphatic heterocycles. The van der Waals surface area contributed by atoms with E-state index in [-0.39, 0.29) is 5.41 Å². The molecule has 9 aromatic carbocycles. The summed E-state index contributed by atoms with van der Waals surface area (Å²) in [6.07, 6.45) is 0. The maximum atomic E-state index is 7.24. The van der Waals surface area contributed by atoms with Gasteiger partial charge < -0.3 is 23.7 Å². The number of ether oxygens (including phenoxy) is 2. The average Bonchev–Trinajstić information content (AvgIpc) is 3.75. The Hall–Kier alpha value is -7.50. The van der Waals surface area contributed by atoms with Crippen molar-refractivity contribution in [2.24, 2.45) is 0 Å². The summed E-state index contributed by atoms with van der Waals surface area (Å²) < 4.78 is 20.1. The van der Waals surface area contributed by atoms with E-state index in [2.05, 4.69) is 157 Å². The molecule has 0 bridgehead atoms. The van der Waals surface area contributed by atoms with E-state index in [4.69, 9.17) is 13.9 Å². The molecule has 3 heterocycles.